The van der Waals surface area contributed by atoms with Crippen LogP contribution in [0, 0.1) is 0 Å². The lowest BCUT2D eigenvalue weighted by Gasteiger charge is -2.49. The third-order valence-corrected chi connectivity index (χ3v) is 8.03. The van der Waals surface area contributed by atoms with E-state index in [2.05, 4.69) is 15.5 Å². The molecule has 3 aromatic rings. The lowest BCUT2D eigenvalue weighted by atomic mass is 10.0. The van der Waals surface area contributed by atoms with Crippen LogP contribution in [0.2, 0.25) is 5.15 Å². The number of carboxylic acids is 1. The molecule has 3 aromatic heterocycles. The number of nitrogen functional groups attached to an aromatic ring is 1. The normalized spacial score (nSPS) is 19.8. The van der Waals surface area contributed by atoms with Crippen molar-refractivity contribution in [2.24, 2.45) is 5.16 Å². The summed E-state index contributed by atoms with van der Waals surface area (Å²) in [7, 11) is 1.28. The summed E-state index contributed by atoms with van der Waals surface area (Å²) in [6, 6.07) is 4.49. The zero-order chi connectivity index (χ0) is 25.6. The fourth-order valence-electron chi connectivity index (χ4n) is 4.13. The first kappa shape index (κ1) is 24.1. The molecule has 2 amide bonds. The van der Waals surface area contributed by atoms with E-state index in [0.717, 1.165) is 17.0 Å². The summed E-state index contributed by atoms with van der Waals surface area (Å²) < 4.78 is 3.64. The van der Waals surface area contributed by atoms with Gasteiger partial charge in [-0.2, -0.15) is 4.40 Å². The number of thiazole rings is 1. The van der Waals surface area contributed by atoms with Gasteiger partial charge in [0.15, 0.2) is 16.0 Å². The number of aliphatic carboxylic acids is 1. The van der Waals surface area contributed by atoms with Gasteiger partial charge in [0.1, 0.15) is 48.9 Å². The predicted molar refractivity (Wildman–Crippen MR) is 132 cm³/mol. The minimum Gasteiger partial charge on any atom is -0.477 e. The molecule has 0 bridgehead atoms. The molecule has 0 unspecified atom stereocenters. The Hall–Kier alpha value is -3.62. The number of imidazole rings is 1. The average molecular weight is 549 g/mol. The maximum atomic E-state index is 13.0. The van der Waals surface area contributed by atoms with Crippen LogP contribution in [0.25, 0.3) is 5.65 Å². The van der Waals surface area contributed by atoms with Crippen molar-refractivity contribution in [1.82, 2.24) is 19.6 Å². The van der Waals surface area contributed by atoms with Crippen molar-refractivity contribution in [1.29, 1.82) is 0 Å². The van der Waals surface area contributed by atoms with Crippen LogP contribution in [-0.2, 0) is 25.8 Å². The van der Waals surface area contributed by atoms with E-state index in [1.807, 2.05) is 10.6 Å². The number of amides is 2. The molecule has 2 aliphatic rings. The number of rotatable bonds is 7. The van der Waals surface area contributed by atoms with Crippen molar-refractivity contribution in [3.63, 3.8) is 0 Å². The molecule has 4 N–H and O–H groups in total. The van der Waals surface area contributed by atoms with Crippen LogP contribution in [0.1, 0.15) is 5.69 Å². The van der Waals surface area contributed by atoms with Gasteiger partial charge in [0.2, 0.25) is 0 Å². The van der Waals surface area contributed by atoms with E-state index in [1.54, 1.807) is 34.3 Å². The van der Waals surface area contributed by atoms with E-state index >= 15 is 0 Å². The second-order valence-corrected chi connectivity index (χ2v) is 10.2. The Bertz CT molecular complexity index is 1470. The van der Waals surface area contributed by atoms with Gasteiger partial charge in [-0.25, -0.2) is 14.3 Å². The van der Waals surface area contributed by atoms with Gasteiger partial charge in [-0.3, -0.25) is 14.5 Å². The highest BCUT2D eigenvalue weighted by Gasteiger charge is 2.54. The second-order valence-electron chi connectivity index (χ2n) is 7.81. The molecule has 2 atom stereocenters. The molecule has 0 aromatic carbocycles. The van der Waals surface area contributed by atoms with Gasteiger partial charge in [0, 0.05) is 22.8 Å². The number of fused-ring (bicyclic) bond motifs is 2. The zero-order valence-electron chi connectivity index (χ0n) is 18.6. The fraction of sp³-hybridized carbons (Fsp3) is 0.238. The second kappa shape index (κ2) is 9.44. The molecule has 0 spiro atoms. The van der Waals surface area contributed by atoms with Crippen LogP contribution >= 0.6 is 34.7 Å². The number of pyridine rings is 1. The Balaban J connectivity index is 1.38. The Morgan fingerprint density at radius 3 is 2.94 bits per heavy atom. The smallest absolute Gasteiger partial charge is 0.352 e. The fourth-order valence-corrected chi connectivity index (χ4v) is 6.23. The number of carbonyl (C=O) groups excluding carboxylic acids is 2. The van der Waals surface area contributed by atoms with E-state index in [9.17, 15) is 19.5 Å². The third kappa shape index (κ3) is 4.06. The van der Waals surface area contributed by atoms with Crippen LogP contribution in [0.3, 0.4) is 0 Å². The highest BCUT2D eigenvalue weighted by molar-refractivity contribution is 8.00. The number of nitrogens with zero attached hydrogens (tertiary/aromatic N) is 5. The van der Waals surface area contributed by atoms with Gasteiger partial charge in [0.05, 0.1) is 0 Å². The SMILES string of the molecule is CO/N=C(\C(=O)N[C@@H]1C(=O)N2C(C(=O)O)=C(C[n+]3ccn4c(Cl)cccc43)CS[C@@H]12)c1csc(N)n1. The Morgan fingerprint density at radius 2 is 2.25 bits per heavy atom. The molecule has 1 saturated heterocycles. The number of hydrogen-bond donors (Lipinski definition) is 3. The van der Waals surface area contributed by atoms with Crippen molar-refractivity contribution < 1.29 is 28.9 Å². The van der Waals surface area contributed by atoms with E-state index in [0.29, 0.717) is 16.5 Å². The summed E-state index contributed by atoms with van der Waals surface area (Å²) in [4.78, 5) is 48.2. The quantitative estimate of drug-likeness (QED) is 0.128. The van der Waals surface area contributed by atoms with E-state index < -0.39 is 29.2 Å². The number of nitrogens with two attached hydrogens (primary N) is 1. The molecule has 12 nitrogen and oxygen atoms in total. The van der Waals surface area contributed by atoms with Crippen molar-refractivity contribution >= 4 is 69.0 Å². The molecule has 36 heavy (non-hydrogen) atoms. The monoisotopic (exact) mass is 548 g/mol. The number of halogens is 1. The number of carboxylic acid groups (broad SMARTS) is 1. The summed E-state index contributed by atoms with van der Waals surface area (Å²) in [5, 5.41) is 18.1. The molecule has 5 rings (SSSR count). The molecule has 2 aliphatic heterocycles. The van der Waals surface area contributed by atoms with Crippen molar-refractivity contribution in [3.8, 4) is 0 Å². The van der Waals surface area contributed by atoms with E-state index in [-0.39, 0.29) is 28.8 Å². The molecule has 0 saturated carbocycles. The number of nitrogens with one attached hydrogen (secondary N) is 1. The van der Waals surface area contributed by atoms with Gasteiger partial charge in [-0.1, -0.05) is 5.16 Å². The van der Waals surface area contributed by atoms with Crippen LogP contribution in [0.4, 0.5) is 5.13 Å². The first-order valence-corrected chi connectivity index (χ1v) is 12.8. The third-order valence-electron chi connectivity index (χ3n) is 5.71. The molecule has 15 heteroatoms. The summed E-state index contributed by atoms with van der Waals surface area (Å²) in [5.74, 6) is -2.07. The summed E-state index contributed by atoms with van der Waals surface area (Å²) in [5.41, 5.74) is 6.99. The topological polar surface area (TPSA) is 156 Å². The molecule has 5 heterocycles. The Kier molecular flexibility index (Phi) is 6.32. The summed E-state index contributed by atoms with van der Waals surface area (Å²) in [6.07, 6.45) is 3.58. The minimum absolute atomic E-state index is 0.0822. The first-order chi connectivity index (χ1) is 17.3. The van der Waals surface area contributed by atoms with Crippen LogP contribution in [0.5, 0.6) is 0 Å². The molecular formula is C21H19ClN7O5S2+. The van der Waals surface area contributed by atoms with Gasteiger partial charge in [-0.15, -0.1) is 23.1 Å². The number of β-lactam (4-membered cyclic amide) rings is 1. The highest BCUT2D eigenvalue weighted by atomic mass is 35.5. The van der Waals surface area contributed by atoms with Gasteiger partial charge >= 0.3 is 5.97 Å². The largest absolute Gasteiger partial charge is 0.477 e. The number of thioether (sulfide) groups is 1. The molecule has 0 aliphatic carbocycles. The van der Waals surface area contributed by atoms with Crippen molar-refractivity contribution in [3.05, 3.63) is 58.1 Å². The highest BCUT2D eigenvalue weighted by Crippen LogP contribution is 2.40. The van der Waals surface area contributed by atoms with Crippen LogP contribution in [-0.4, -0.2) is 67.2 Å². The number of oxime groups is 1. The summed E-state index contributed by atoms with van der Waals surface area (Å²) >= 11 is 8.73. The number of aromatic nitrogens is 3. The van der Waals surface area contributed by atoms with Gasteiger partial charge in [-0.05, 0) is 23.7 Å². The predicted octanol–water partition coefficient (Wildman–Crippen LogP) is 0.708. The lowest BCUT2D eigenvalue weighted by Crippen LogP contribution is -2.71. The van der Waals surface area contributed by atoms with Crippen LogP contribution in [0.15, 0.2) is 52.4 Å². The van der Waals surface area contributed by atoms with Gasteiger partial charge in [0.25, 0.3) is 17.5 Å². The average Bonchev–Trinajstić information content (AvgIpc) is 3.47. The molecule has 0 radical (unpaired) electrons. The number of carbonyl (C=O) groups is 3. The van der Waals surface area contributed by atoms with Crippen molar-refractivity contribution in [2.45, 2.75) is 18.0 Å². The number of hydrogen-bond acceptors (Lipinski definition) is 9. The maximum Gasteiger partial charge on any atom is 0.352 e. The van der Waals surface area contributed by atoms with Gasteiger partial charge < -0.3 is 21.0 Å². The summed E-state index contributed by atoms with van der Waals surface area (Å²) in [6.45, 7) is 0.259. The maximum absolute atomic E-state index is 13.0. The lowest BCUT2D eigenvalue weighted by molar-refractivity contribution is -0.662. The zero-order valence-corrected chi connectivity index (χ0v) is 21.0. The standard InChI is InChI=1S/C21H18ClN7O5S2/c1-34-26-14(11-9-36-21(23)24-11)17(30)25-15-18(31)29-16(20(32)33)10(8-35-19(15)29)7-27-5-6-28-12(22)3-2-4-13(27)28/h2-6,9,15,19H,7-8H2,1H3,(H3-,23,24,25,30,32,33)/p+1/b26-14-/t15-,19+/m1/s1. The minimum atomic E-state index is -1.21. The molecule has 186 valence electrons. The van der Waals surface area contributed by atoms with E-state index in [1.165, 1.54) is 23.8 Å². The van der Waals surface area contributed by atoms with Crippen LogP contribution < -0.4 is 15.6 Å². The first-order valence-electron chi connectivity index (χ1n) is 10.5. The molecule has 1 fully saturated rings. The number of anilines is 1. The Morgan fingerprint density at radius 1 is 1.44 bits per heavy atom. The van der Waals surface area contributed by atoms with E-state index in [4.69, 9.17) is 22.2 Å². The Labute approximate surface area is 217 Å². The molecular weight excluding hydrogens is 530 g/mol. The van der Waals surface area contributed by atoms with Crippen molar-refractivity contribution in [2.75, 3.05) is 18.6 Å².